The molecule has 0 N–H and O–H groups in total. The largest absolute Gasteiger partial charge is 0.449 e. The minimum atomic E-state index is -0.357. The number of benzene rings is 2. The molecular weight excluding hydrogens is 296 g/mol. The Morgan fingerprint density at radius 3 is 2.41 bits per heavy atom. The summed E-state index contributed by atoms with van der Waals surface area (Å²) in [5, 5.41) is 0.632. The third-order valence-electron chi connectivity index (χ3n) is 3.97. The molecule has 1 unspecified atom stereocenters. The second kappa shape index (κ2) is 6.37. The quantitative estimate of drug-likeness (QED) is 0.752. The molecular formula is C19H17ClO2. The first-order valence-corrected chi connectivity index (χ1v) is 7.79. The number of halogens is 1. The highest BCUT2D eigenvalue weighted by atomic mass is 35.5. The van der Waals surface area contributed by atoms with E-state index in [9.17, 15) is 4.79 Å². The number of hydrogen-bond donors (Lipinski definition) is 0. The molecule has 3 heteroatoms. The van der Waals surface area contributed by atoms with Crippen molar-refractivity contribution in [2.24, 2.45) is 0 Å². The Hall–Kier alpha value is -2.06. The predicted octanol–water partition coefficient (Wildman–Crippen LogP) is 4.89. The van der Waals surface area contributed by atoms with Crippen molar-refractivity contribution in [2.75, 3.05) is 0 Å². The summed E-state index contributed by atoms with van der Waals surface area (Å²) in [4.78, 5) is 12.3. The van der Waals surface area contributed by atoms with Gasteiger partial charge in [-0.25, -0.2) is 4.79 Å². The van der Waals surface area contributed by atoms with Gasteiger partial charge in [-0.3, -0.25) is 0 Å². The SMILES string of the molecule is CCC1=C(Cc2ccccc2)C(=O)OC1c1ccccc1Cl. The van der Waals surface area contributed by atoms with Crippen molar-refractivity contribution in [3.63, 3.8) is 0 Å². The number of esters is 1. The van der Waals surface area contributed by atoms with Gasteiger partial charge in [-0.05, 0) is 23.6 Å². The molecule has 0 aliphatic carbocycles. The summed E-state index contributed by atoms with van der Waals surface area (Å²) in [5.74, 6) is -0.231. The average molecular weight is 313 g/mol. The molecule has 22 heavy (non-hydrogen) atoms. The lowest BCUT2D eigenvalue weighted by atomic mass is 9.94. The topological polar surface area (TPSA) is 26.3 Å². The molecule has 0 radical (unpaired) electrons. The third-order valence-corrected chi connectivity index (χ3v) is 4.31. The van der Waals surface area contributed by atoms with Crippen LogP contribution in [0.25, 0.3) is 0 Å². The standard InChI is InChI=1S/C19H17ClO2/c1-2-14-16(12-13-8-4-3-5-9-13)19(21)22-18(14)15-10-6-7-11-17(15)20/h3-11,18H,2,12H2,1H3. The van der Waals surface area contributed by atoms with Crippen LogP contribution in [0.3, 0.4) is 0 Å². The van der Waals surface area contributed by atoms with Gasteiger partial charge in [-0.2, -0.15) is 0 Å². The third kappa shape index (κ3) is 2.79. The molecule has 0 aromatic heterocycles. The summed E-state index contributed by atoms with van der Waals surface area (Å²) in [6.45, 7) is 2.05. The second-order valence-electron chi connectivity index (χ2n) is 5.33. The highest BCUT2D eigenvalue weighted by molar-refractivity contribution is 6.31. The van der Waals surface area contributed by atoms with Gasteiger partial charge >= 0.3 is 5.97 Å². The average Bonchev–Trinajstić information content (AvgIpc) is 2.85. The van der Waals surface area contributed by atoms with E-state index in [4.69, 9.17) is 16.3 Å². The molecule has 0 fully saturated rings. The van der Waals surface area contributed by atoms with E-state index in [0.717, 1.165) is 28.7 Å². The number of cyclic esters (lactones) is 1. The van der Waals surface area contributed by atoms with Gasteiger partial charge in [0.2, 0.25) is 0 Å². The van der Waals surface area contributed by atoms with Gasteiger partial charge in [0, 0.05) is 22.6 Å². The fraction of sp³-hybridized carbons (Fsp3) is 0.211. The van der Waals surface area contributed by atoms with Crippen LogP contribution in [0.5, 0.6) is 0 Å². The van der Waals surface area contributed by atoms with Crippen LogP contribution in [0.4, 0.5) is 0 Å². The lowest BCUT2D eigenvalue weighted by Gasteiger charge is -2.15. The van der Waals surface area contributed by atoms with Crippen LogP contribution in [-0.4, -0.2) is 5.97 Å². The maximum absolute atomic E-state index is 12.3. The summed E-state index contributed by atoms with van der Waals surface area (Å²) in [6.07, 6.45) is 1.01. The van der Waals surface area contributed by atoms with Gasteiger partial charge in [0.25, 0.3) is 0 Å². The normalized spacial score (nSPS) is 17.7. The zero-order valence-corrected chi connectivity index (χ0v) is 13.1. The van der Waals surface area contributed by atoms with Crippen LogP contribution in [0, 0.1) is 0 Å². The van der Waals surface area contributed by atoms with Crippen LogP contribution >= 0.6 is 11.6 Å². The number of ether oxygens (including phenoxy) is 1. The summed E-state index contributed by atoms with van der Waals surface area (Å²) < 4.78 is 5.62. The van der Waals surface area contributed by atoms with E-state index >= 15 is 0 Å². The first kappa shape index (κ1) is 14.9. The van der Waals surface area contributed by atoms with Gasteiger partial charge < -0.3 is 4.74 Å². The summed E-state index contributed by atoms with van der Waals surface area (Å²) in [5.41, 5.74) is 3.76. The van der Waals surface area contributed by atoms with Crippen molar-refractivity contribution in [1.29, 1.82) is 0 Å². The van der Waals surface area contributed by atoms with Crippen LogP contribution in [-0.2, 0) is 16.0 Å². The fourth-order valence-corrected chi connectivity index (χ4v) is 3.10. The van der Waals surface area contributed by atoms with Crippen molar-refractivity contribution < 1.29 is 9.53 Å². The first-order valence-electron chi connectivity index (χ1n) is 7.42. The van der Waals surface area contributed by atoms with Crippen molar-refractivity contribution >= 4 is 17.6 Å². The molecule has 112 valence electrons. The molecule has 0 amide bonds. The smallest absolute Gasteiger partial charge is 0.335 e. The van der Waals surface area contributed by atoms with E-state index in [2.05, 4.69) is 0 Å². The van der Waals surface area contributed by atoms with E-state index in [1.165, 1.54) is 0 Å². The molecule has 2 nitrogen and oxygen atoms in total. The number of rotatable bonds is 4. The zero-order chi connectivity index (χ0) is 15.5. The molecule has 1 aliphatic rings. The molecule has 1 aliphatic heterocycles. The summed E-state index contributed by atoms with van der Waals surface area (Å²) >= 11 is 6.27. The summed E-state index contributed by atoms with van der Waals surface area (Å²) in [6, 6.07) is 17.5. The fourth-order valence-electron chi connectivity index (χ4n) is 2.86. The van der Waals surface area contributed by atoms with Gasteiger partial charge in [0.1, 0.15) is 0 Å². The molecule has 0 bridgehead atoms. The Kier molecular flexibility index (Phi) is 4.30. The van der Waals surface area contributed by atoms with E-state index in [1.807, 2.05) is 61.5 Å². The minimum absolute atomic E-state index is 0.231. The van der Waals surface area contributed by atoms with Gasteiger partial charge in [0.15, 0.2) is 6.10 Å². The monoisotopic (exact) mass is 312 g/mol. The highest BCUT2D eigenvalue weighted by Crippen LogP contribution is 2.40. The molecule has 1 atom stereocenters. The van der Waals surface area contributed by atoms with Crippen molar-refractivity contribution in [2.45, 2.75) is 25.9 Å². The predicted molar refractivity (Wildman–Crippen MR) is 87.7 cm³/mol. The molecule has 1 heterocycles. The summed E-state index contributed by atoms with van der Waals surface area (Å²) in [7, 11) is 0. The van der Waals surface area contributed by atoms with Crippen molar-refractivity contribution in [1.82, 2.24) is 0 Å². The molecule has 2 aromatic rings. The molecule has 0 spiro atoms. The zero-order valence-electron chi connectivity index (χ0n) is 12.4. The Morgan fingerprint density at radius 1 is 1.05 bits per heavy atom. The van der Waals surface area contributed by atoms with Crippen LogP contribution < -0.4 is 0 Å². The Bertz CT molecular complexity index is 719. The molecule has 3 rings (SSSR count). The number of carbonyl (C=O) groups is 1. The van der Waals surface area contributed by atoms with E-state index in [1.54, 1.807) is 0 Å². The highest BCUT2D eigenvalue weighted by Gasteiger charge is 2.34. The van der Waals surface area contributed by atoms with Crippen LogP contribution in [0.2, 0.25) is 5.02 Å². The molecule has 2 aromatic carbocycles. The van der Waals surface area contributed by atoms with Crippen molar-refractivity contribution in [3.05, 3.63) is 81.9 Å². The molecule has 0 saturated carbocycles. The number of hydrogen-bond acceptors (Lipinski definition) is 2. The van der Waals surface area contributed by atoms with E-state index in [0.29, 0.717) is 11.4 Å². The van der Waals surface area contributed by atoms with Gasteiger partial charge in [0.05, 0.1) is 0 Å². The Balaban J connectivity index is 1.98. The lowest BCUT2D eigenvalue weighted by Crippen LogP contribution is -2.04. The van der Waals surface area contributed by atoms with Crippen LogP contribution in [0.15, 0.2) is 65.7 Å². The second-order valence-corrected chi connectivity index (χ2v) is 5.73. The number of carbonyl (C=O) groups excluding carboxylic acids is 1. The molecule has 0 saturated heterocycles. The van der Waals surface area contributed by atoms with Gasteiger partial charge in [-0.15, -0.1) is 0 Å². The van der Waals surface area contributed by atoms with Crippen LogP contribution in [0.1, 0.15) is 30.6 Å². The van der Waals surface area contributed by atoms with Crippen molar-refractivity contribution in [3.8, 4) is 0 Å². The first-order chi connectivity index (χ1) is 10.7. The maximum Gasteiger partial charge on any atom is 0.335 e. The maximum atomic E-state index is 12.3. The van der Waals surface area contributed by atoms with E-state index in [-0.39, 0.29) is 12.1 Å². The van der Waals surface area contributed by atoms with Gasteiger partial charge in [-0.1, -0.05) is 67.1 Å². The Morgan fingerprint density at radius 2 is 1.73 bits per heavy atom. The Labute approximate surface area is 135 Å². The lowest BCUT2D eigenvalue weighted by molar-refractivity contribution is -0.140. The minimum Gasteiger partial charge on any atom is -0.449 e. The van der Waals surface area contributed by atoms with E-state index < -0.39 is 0 Å².